The van der Waals surface area contributed by atoms with Crippen LogP contribution in [0.4, 0.5) is 11.4 Å². The lowest BCUT2D eigenvalue weighted by Crippen LogP contribution is -2.29. The van der Waals surface area contributed by atoms with Gasteiger partial charge in [0.1, 0.15) is 11.5 Å². The Morgan fingerprint density at radius 3 is 2.52 bits per heavy atom. The second-order valence-electron chi connectivity index (χ2n) is 10.2. The molecule has 0 radical (unpaired) electrons. The zero-order chi connectivity index (χ0) is 29.1. The van der Waals surface area contributed by atoms with Crippen molar-refractivity contribution in [2.45, 2.75) is 32.5 Å². The highest BCUT2D eigenvalue weighted by atomic mass is 32.1. The molecular weight excluding hydrogens is 546 g/mol. The summed E-state index contributed by atoms with van der Waals surface area (Å²) in [6, 6.07) is 28.7. The van der Waals surface area contributed by atoms with Crippen molar-refractivity contribution in [1.29, 1.82) is 0 Å². The minimum absolute atomic E-state index is 0.0760. The molecule has 0 aliphatic carbocycles. The molecule has 5 aromatic rings. The van der Waals surface area contributed by atoms with Gasteiger partial charge in [-0.2, -0.15) is 0 Å². The lowest BCUT2D eigenvalue weighted by atomic mass is 9.96. The number of para-hydroxylation sites is 1. The summed E-state index contributed by atoms with van der Waals surface area (Å²) in [5, 5.41) is 7.05. The van der Waals surface area contributed by atoms with Gasteiger partial charge >= 0.3 is 0 Å². The van der Waals surface area contributed by atoms with Crippen LogP contribution in [0, 0.1) is 13.8 Å². The number of amides is 1. The topological polar surface area (TPSA) is 84.6 Å². The largest absolute Gasteiger partial charge is 0.484 e. The van der Waals surface area contributed by atoms with E-state index in [0.717, 1.165) is 34.1 Å². The van der Waals surface area contributed by atoms with Gasteiger partial charge in [0.05, 0.1) is 30.6 Å². The predicted octanol–water partition coefficient (Wildman–Crippen LogP) is 6.34. The van der Waals surface area contributed by atoms with E-state index in [-0.39, 0.29) is 24.6 Å². The molecule has 1 saturated heterocycles. The first kappa shape index (κ1) is 27.3. The van der Waals surface area contributed by atoms with Gasteiger partial charge in [0, 0.05) is 29.0 Å². The van der Waals surface area contributed by atoms with E-state index in [2.05, 4.69) is 45.0 Å². The number of ether oxygens (including phenoxy) is 1. The number of aromatic nitrogens is 2. The summed E-state index contributed by atoms with van der Waals surface area (Å²) in [4.78, 5) is 19.3. The van der Waals surface area contributed by atoms with Crippen LogP contribution in [0.1, 0.15) is 40.5 Å². The summed E-state index contributed by atoms with van der Waals surface area (Å²) in [6.07, 6.45) is 3.50. The molecule has 2 aromatic carbocycles. The molecule has 212 valence electrons. The highest BCUT2D eigenvalue weighted by molar-refractivity contribution is 7.80. The second kappa shape index (κ2) is 11.9. The molecule has 2 atom stereocenters. The Balaban J connectivity index is 1.27. The zero-order valence-electron chi connectivity index (χ0n) is 23.4. The second-order valence-corrected chi connectivity index (χ2v) is 10.6. The number of carbonyl (C=O) groups is 1. The van der Waals surface area contributed by atoms with Crippen molar-refractivity contribution in [3.63, 3.8) is 0 Å². The molecule has 3 aromatic heterocycles. The average molecular weight is 578 g/mol. The Morgan fingerprint density at radius 2 is 1.81 bits per heavy atom. The van der Waals surface area contributed by atoms with E-state index < -0.39 is 0 Å². The highest BCUT2D eigenvalue weighted by Crippen LogP contribution is 2.43. The van der Waals surface area contributed by atoms with E-state index in [1.54, 1.807) is 12.5 Å². The van der Waals surface area contributed by atoms with Gasteiger partial charge in [-0.05, 0) is 98.4 Å². The molecule has 1 amide bonds. The quantitative estimate of drug-likeness (QED) is 0.198. The fourth-order valence-corrected chi connectivity index (χ4v) is 5.79. The monoisotopic (exact) mass is 577 g/mol. The van der Waals surface area contributed by atoms with Gasteiger partial charge in [0.2, 0.25) is 0 Å². The van der Waals surface area contributed by atoms with Crippen LogP contribution in [0.3, 0.4) is 0 Å². The molecule has 0 spiro atoms. The van der Waals surface area contributed by atoms with Crippen LogP contribution in [-0.2, 0) is 11.3 Å². The van der Waals surface area contributed by atoms with Gasteiger partial charge in [0.15, 0.2) is 11.7 Å². The predicted molar refractivity (Wildman–Crippen MR) is 167 cm³/mol. The number of hydrogen-bond donors (Lipinski definition) is 2. The van der Waals surface area contributed by atoms with Crippen LogP contribution in [0.5, 0.6) is 5.75 Å². The number of carbonyl (C=O) groups excluding carboxylic acids is 1. The van der Waals surface area contributed by atoms with Gasteiger partial charge in [-0.25, -0.2) is 0 Å². The third-order valence-corrected chi connectivity index (χ3v) is 7.78. The van der Waals surface area contributed by atoms with Crippen molar-refractivity contribution in [1.82, 2.24) is 14.9 Å². The van der Waals surface area contributed by atoms with Crippen molar-refractivity contribution in [2.75, 3.05) is 16.8 Å². The average Bonchev–Trinajstić information content (AvgIpc) is 3.72. The van der Waals surface area contributed by atoms with Gasteiger partial charge in [-0.3, -0.25) is 9.78 Å². The third-order valence-electron chi connectivity index (χ3n) is 7.47. The number of aryl methyl sites for hydroxylation is 1. The van der Waals surface area contributed by atoms with Crippen LogP contribution in [0.25, 0.3) is 0 Å². The normalized spacial score (nSPS) is 16.3. The standard InChI is InChI=1S/C33H31N5O3S/c1-22-19-28(23(2)37(22)20-27-11-8-18-40-27)32-31(29-12-6-7-17-34-29)36-33(42)38(32)25-15-13-24(14-16-25)35-30(39)21-41-26-9-4-3-5-10-26/h3-19,31-32H,20-21H2,1-2H3,(H,35,39)(H,36,42). The summed E-state index contributed by atoms with van der Waals surface area (Å²) < 4.78 is 13.5. The highest BCUT2D eigenvalue weighted by Gasteiger charge is 2.42. The smallest absolute Gasteiger partial charge is 0.262 e. The zero-order valence-corrected chi connectivity index (χ0v) is 24.2. The number of anilines is 2. The Hall–Kier alpha value is -4.89. The number of benzene rings is 2. The number of pyridine rings is 1. The summed E-state index contributed by atoms with van der Waals surface area (Å²) in [5.41, 5.74) is 5.90. The molecule has 4 heterocycles. The summed E-state index contributed by atoms with van der Waals surface area (Å²) in [5.74, 6) is 1.31. The van der Waals surface area contributed by atoms with Crippen LogP contribution in [-0.4, -0.2) is 27.2 Å². The number of hydrogen-bond acceptors (Lipinski definition) is 5. The minimum atomic E-state index is -0.234. The number of rotatable bonds is 9. The Kier molecular flexibility index (Phi) is 7.74. The first-order chi connectivity index (χ1) is 20.5. The molecule has 2 unspecified atom stereocenters. The number of nitrogens with one attached hydrogen (secondary N) is 2. The number of thiocarbonyl (C=S) groups is 1. The van der Waals surface area contributed by atoms with E-state index in [1.807, 2.05) is 84.9 Å². The molecule has 42 heavy (non-hydrogen) atoms. The van der Waals surface area contributed by atoms with Crippen molar-refractivity contribution in [3.05, 3.63) is 132 Å². The van der Waals surface area contributed by atoms with Crippen LogP contribution >= 0.6 is 12.2 Å². The molecule has 1 aliphatic heterocycles. The van der Waals surface area contributed by atoms with E-state index in [9.17, 15) is 4.79 Å². The molecular formula is C33H31N5O3S. The first-order valence-corrected chi connectivity index (χ1v) is 14.2. The van der Waals surface area contributed by atoms with Crippen LogP contribution in [0.2, 0.25) is 0 Å². The van der Waals surface area contributed by atoms with E-state index in [1.165, 1.54) is 0 Å². The molecule has 6 rings (SSSR count). The van der Waals surface area contributed by atoms with E-state index >= 15 is 0 Å². The molecule has 1 fully saturated rings. The fraction of sp³-hybridized carbons (Fsp3) is 0.182. The third kappa shape index (κ3) is 5.64. The Morgan fingerprint density at radius 1 is 1.02 bits per heavy atom. The maximum absolute atomic E-state index is 12.5. The molecule has 2 N–H and O–H groups in total. The number of furan rings is 1. The lowest BCUT2D eigenvalue weighted by molar-refractivity contribution is -0.118. The number of nitrogens with zero attached hydrogens (tertiary/aromatic N) is 3. The minimum Gasteiger partial charge on any atom is -0.484 e. The van der Waals surface area contributed by atoms with Gasteiger partial charge < -0.3 is 29.3 Å². The van der Waals surface area contributed by atoms with E-state index in [4.69, 9.17) is 21.4 Å². The molecule has 0 bridgehead atoms. The molecule has 9 heteroatoms. The van der Waals surface area contributed by atoms with Crippen molar-refractivity contribution in [2.24, 2.45) is 0 Å². The van der Waals surface area contributed by atoms with E-state index in [0.29, 0.717) is 23.1 Å². The van der Waals surface area contributed by atoms with Crippen molar-refractivity contribution in [3.8, 4) is 5.75 Å². The molecule has 0 saturated carbocycles. The lowest BCUT2D eigenvalue weighted by Gasteiger charge is -2.28. The van der Waals surface area contributed by atoms with Gasteiger partial charge in [0.25, 0.3) is 5.91 Å². The van der Waals surface area contributed by atoms with Crippen LogP contribution < -0.4 is 20.3 Å². The summed E-state index contributed by atoms with van der Waals surface area (Å²) in [7, 11) is 0. The van der Waals surface area contributed by atoms with Gasteiger partial charge in [-0.1, -0.05) is 24.3 Å². The first-order valence-electron chi connectivity index (χ1n) is 13.8. The van der Waals surface area contributed by atoms with Crippen molar-refractivity contribution < 1.29 is 13.9 Å². The summed E-state index contributed by atoms with van der Waals surface area (Å²) in [6.45, 7) is 4.81. The Bertz CT molecular complexity index is 1670. The Labute approximate surface area is 250 Å². The maximum Gasteiger partial charge on any atom is 0.262 e. The van der Waals surface area contributed by atoms with Gasteiger partial charge in [-0.15, -0.1) is 0 Å². The summed E-state index contributed by atoms with van der Waals surface area (Å²) >= 11 is 5.92. The molecule has 1 aliphatic rings. The van der Waals surface area contributed by atoms with Crippen molar-refractivity contribution >= 4 is 34.6 Å². The fourth-order valence-electron chi connectivity index (χ4n) is 5.45. The maximum atomic E-state index is 12.5. The molecule has 8 nitrogen and oxygen atoms in total. The SMILES string of the molecule is Cc1cc(C2C(c3ccccn3)NC(=S)N2c2ccc(NC(=O)COc3ccccc3)cc2)c(C)n1Cc1ccco1. The van der Waals surface area contributed by atoms with Crippen LogP contribution in [0.15, 0.2) is 108 Å².